The van der Waals surface area contributed by atoms with Crippen LogP contribution in [0, 0.1) is 0 Å². The normalized spacial score (nSPS) is 36.1. The zero-order valence-corrected chi connectivity index (χ0v) is 44.1. The Morgan fingerprint density at radius 1 is 0.542 bits per heavy atom. The van der Waals surface area contributed by atoms with E-state index in [1.165, 1.54) is 16.7 Å². The summed E-state index contributed by atoms with van der Waals surface area (Å²) >= 11 is 0. The van der Waals surface area contributed by atoms with Crippen molar-refractivity contribution < 1.29 is 54.4 Å². The van der Waals surface area contributed by atoms with Crippen LogP contribution in [0.4, 0.5) is 0 Å². The average Bonchev–Trinajstić information content (AvgIpc) is 1.90. The Balaban J connectivity index is 0.000000129. The zero-order valence-electron chi connectivity index (χ0n) is 44.1. The van der Waals surface area contributed by atoms with Gasteiger partial charge in [-0.2, -0.15) is 0 Å². The maximum absolute atomic E-state index is 12.4. The summed E-state index contributed by atoms with van der Waals surface area (Å²) in [5.41, 5.74) is 4.18. The second-order valence-electron chi connectivity index (χ2n) is 24.8. The fourth-order valence-corrected chi connectivity index (χ4v) is 18.5. The molecule has 83 heavy (non-hydrogen) atoms. The molecule has 444 valence electrons. The van der Waals surface area contributed by atoms with Gasteiger partial charge in [-0.1, -0.05) is 109 Å². The number of aromatic hydroxyl groups is 3. The maximum Gasteiger partial charge on any atom is 0.210 e. The lowest BCUT2D eigenvalue weighted by Gasteiger charge is -2.63. The molecule has 5 aromatic carbocycles. The molecular formula is C67H85N5O11. The highest BCUT2D eigenvalue weighted by Crippen LogP contribution is 2.67. The van der Waals surface area contributed by atoms with Gasteiger partial charge in [0.25, 0.3) is 0 Å². The fraction of sp³-hybridized carbons (Fsp3) is 0.522. The van der Waals surface area contributed by atoms with Gasteiger partial charge >= 0.3 is 0 Å². The molecule has 3 saturated carbocycles. The Morgan fingerprint density at radius 3 is 1.51 bits per heavy atom. The monoisotopic (exact) mass is 1140 g/mol. The molecule has 5 aromatic rings. The van der Waals surface area contributed by atoms with E-state index in [4.69, 9.17) is 14.2 Å². The fourth-order valence-electron chi connectivity index (χ4n) is 18.5. The van der Waals surface area contributed by atoms with Crippen LogP contribution < -0.4 is 35.5 Å². The van der Waals surface area contributed by atoms with Crippen molar-refractivity contribution in [2.24, 2.45) is 0 Å². The minimum absolute atomic E-state index is 0. The summed E-state index contributed by atoms with van der Waals surface area (Å²) in [5.74, 6) is 2.01. The van der Waals surface area contributed by atoms with Crippen LogP contribution >= 0.6 is 0 Å². The third-order valence-corrected chi connectivity index (χ3v) is 21.8. The Kier molecular flexibility index (Phi) is 14.7. The van der Waals surface area contributed by atoms with Crippen LogP contribution in [0.2, 0.25) is 0 Å². The van der Waals surface area contributed by atoms with Crippen molar-refractivity contribution in [2.75, 3.05) is 19.6 Å². The number of piperidine rings is 3. The molecule has 6 bridgehead atoms. The van der Waals surface area contributed by atoms with Crippen molar-refractivity contribution in [3.8, 4) is 34.5 Å². The number of benzene rings is 5. The molecule has 6 aliphatic carbocycles. The number of likely N-dealkylation sites (tertiary alicyclic amines) is 1. The van der Waals surface area contributed by atoms with Crippen LogP contribution in [0.25, 0.3) is 0 Å². The Bertz CT molecular complexity index is 3310. The molecule has 0 radical (unpaired) electrons. The van der Waals surface area contributed by atoms with Gasteiger partial charge < -0.3 is 71.0 Å². The molecular weight excluding hydrogens is 1050 g/mol. The number of aliphatic hydroxyl groups is 3. The maximum atomic E-state index is 12.4. The molecule has 6 heterocycles. The van der Waals surface area contributed by atoms with E-state index in [1.807, 2.05) is 42.5 Å². The van der Waals surface area contributed by atoms with E-state index in [0.29, 0.717) is 68.7 Å². The summed E-state index contributed by atoms with van der Waals surface area (Å²) < 4.78 is 18.8. The van der Waals surface area contributed by atoms with Crippen LogP contribution in [-0.4, -0.2) is 133 Å². The molecule has 14 atom stereocenters. The van der Waals surface area contributed by atoms with Crippen molar-refractivity contribution >= 4 is 12.2 Å². The molecule has 3 unspecified atom stereocenters. The quantitative estimate of drug-likeness (QED) is 0.0755. The number of carbonyl (C=O) groups is 2. The average molecular weight is 1140 g/mol. The first-order valence-corrected chi connectivity index (χ1v) is 28.8. The smallest absolute Gasteiger partial charge is 0.210 e. The van der Waals surface area contributed by atoms with Crippen molar-refractivity contribution in [1.82, 2.24) is 26.2 Å². The number of rotatable bonds is 7. The first-order valence-electron chi connectivity index (χ1n) is 28.8. The van der Waals surface area contributed by atoms with Crippen LogP contribution in [0.5, 0.6) is 34.5 Å². The van der Waals surface area contributed by atoms with Gasteiger partial charge in [0.05, 0.1) is 39.1 Å². The molecule has 6 fully saturated rings. The highest BCUT2D eigenvalue weighted by Gasteiger charge is 2.75. The Labute approximate surface area is 488 Å². The molecule has 16 nitrogen and oxygen atoms in total. The first-order chi connectivity index (χ1) is 38.3. The van der Waals surface area contributed by atoms with Crippen LogP contribution in [0.15, 0.2) is 97.1 Å². The molecule has 3 spiro atoms. The molecule has 1 amide bonds. The van der Waals surface area contributed by atoms with Gasteiger partial charge in [0.2, 0.25) is 6.41 Å². The summed E-state index contributed by atoms with van der Waals surface area (Å²) in [5, 5.41) is 81.2. The molecule has 3 saturated heterocycles. The van der Waals surface area contributed by atoms with E-state index >= 15 is 0 Å². The Hall–Kier alpha value is -6.24. The summed E-state index contributed by atoms with van der Waals surface area (Å²) in [6.07, 6.45) is 7.78. The van der Waals surface area contributed by atoms with Crippen LogP contribution in [0.1, 0.15) is 132 Å². The lowest BCUT2D eigenvalue weighted by atomic mass is 9.48. The van der Waals surface area contributed by atoms with Crippen LogP contribution in [-0.2, 0) is 58.2 Å². The second kappa shape index (κ2) is 20.8. The van der Waals surface area contributed by atoms with Crippen molar-refractivity contribution in [3.63, 3.8) is 0 Å². The number of phenols is 3. The standard InChI is InChI=1S/C24H26N2O4.C23H26N2O3.C16H17NO4.4CH4/c27-14-26-11-10-23-20-16-6-7-18(28)21(20)30-22(23)17(8-9-24(23,29)19(26)12-16)25-13-15-4-2-1-3-5-15;26-17-7-6-15-12-18-23(27)9-8-16(25-13-14-4-2-1-3-5-14)21-22(23,10-11-24-18)19(15)20(17)28-21;18-9-2-1-8-7-11-16(20)4-3-10(19)14-15(16,5-6-17-11)12(8)13(9)21-14;;;;/h1-7,14,17,19,22,25,28-29H,8-13H2;1-7,16,18,21,24-27H,8-13H2;1-2,11,14,17-18,20H,3-7H2;4*1H4/t17-,19?,22-,23-,24+;16-,18?,21-,22-,23+;11?,14-,15-,16+;;;;/m111..../s1. The summed E-state index contributed by atoms with van der Waals surface area (Å²) in [6, 6.07) is 31.5. The Morgan fingerprint density at radius 2 is 0.988 bits per heavy atom. The molecule has 10 N–H and O–H groups in total. The third kappa shape index (κ3) is 7.67. The number of ether oxygens (including phenoxy) is 3. The van der Waals surface area contributed by atoms with Gasteiger partial charge in [-0.3, -0.25) is 9.59 Å². The number of ketones is 1. The second-order valence-corrected chi connectivity index (χ2v) is 24.8. The third-order valence-electron chi connectivity index (χ3n) is 21.8. The lowest BCUT2D eigenvalue weighted by Crippen LogP contribution is -2.77. The van der Waals surface area contributed by atoms with Gasteiger partial charge in [0.1, 0.15) is 12.2 Å². The minimum Gasteiger partial charge on any atom is -0.504 e. The summed E-state index contributed by atoms with van der Waals surface area (Å²) in [7, 11) is 0. The van der Waals surface area contributed by atoms with E-state index in [0.717, 1.165) is 92.5 Å². The minimum atomic E-state index is -1.05. The van der Waals surface area contributed by atoms with Gasteiger partial charge in [-0.25, -0.2) is 0 Å². The molecule has 12 aliphatic rings. The number of hydrogen-bond donors (Lipinski definition) is 10. The summed E-state index contributed by atoms with van der Waals surface area (Å²) in [6.45, 7) is 3.72. The first kappa shape index (κ1) is 58.5. The molecule has 0 aromatic heterocycles. The largest absolute Gasteiger partial charge is 0.504 e. The number of nitrogens with zero attached hydrogens (tertiary/aromatic N) is 1. The number of carbonyl (C=O) groups excluding carboxylic acids is 2. The molecule has 6 aliphatic heterocycles. The number of Topliss-reactive ketones (excluding diaryl/α,β-unsaturated/α-hetero) is 1. The van der Waals surface area contributed by atoms with Crippen molar-refractivity contribution in [1.29, 1.82) is 0 Å². The highest BCUT2D eigenvalue weighted by molar-refractivity contribution is 5.90. The van der Waals surface area contributed by atoms with Gasteiger partial charge in [-0.15, -0.1) is 0 Å². The van der Waals surface area contributed by atoms with Crippen molar-refractivity contribution in [2.45, 2.75) is 201 Å². The molecule has 17 rings (SSSR count). The van der Waals surface area contributed by atoms with E-state index in [9.17, 15) is 40.2 Å². The zero-order chi connectivity index (χ0) is 53.8. The number of amides is 1. The molecule has 16 heteroatoms. The van der Waals surface area contributed by atoms with Gasteiger partial charge in [-0.05, 0) is 130 Å². The number of hydrogen-bond acceptors (Lipinski definition) is 15. The van der Waals surface area contributed by atoms with Crippen molar-refractivity contribution in [3.05, 3.63) is 142 Å². The van der Waals surface area contributed by atoms with E-state index < -0.39 is 39.2 Å². The van der Waals surface area contributed by atoms with Gasteiger partial charge in [0, 0.05) is 66.9 Å². The lowest BCUT2D eigenvalue weighted by molar-refractivity contribution is -0.190. The van der Waals surface area contributed by atoms with Crippen LogP contribution in [0.3, 0.4) is 0 Å². The summed E-state index contributed by atoms with van der Waals surface area (Å²) in [4.78, 5) is 26.0. The predicted octanol–water partition coefficient (Wildman–Crippen LogP) is 6.80. The topological polar surface area (TPSA) is 235 Å². The van der Waals surface area contributed by atoms with Gasteiger partial charge in [0.15, 0.2) is 46.4 Å². The predicted molar refractivity (Wildman–Crippen MR) is 316 cm³/mol. The van der Waals surface area contributed by atoms with E-state index in [-0.39, 0.29) is 95.2 Å². The highest BCUT2D eigenvalue weighted by atomic mass is 16.5. The van der Waals surface area contributed by atoms with E-state index in [2.05, 4.69) is 57.7 Å². The number of phenolic OH excluding ortho intramolecular Hbond substituents is 3. The number of nitrogens with one attached hydrogen (secondary N) is 4. The van der Waals surface area contributed by atoms with E-state index in [1.54, 1.807) is 23.1 Å². The SMILES string of the molecule is C.C.C.C.O=C1CC[C@]2(O)C3Cc4ccc(O)c5c4[C@]2(CCN3)[C@@H]1O5.O=CN1CC[C@@]23c4c5ccc(O)c4O[C@@H]2[C@H](NCc2ccccc2)CC[C@]3(O)C1C5.Oc1ccc2c3c1O[C@@H]1[C@H](NCc4ccccc4)CC[C@]4(O)C(C2)NCC[C@@]314.